The Bertz CT molecular complexity index is 1800. The van der Waals surface area contributed by atoms with E-state index < -0.39 is 0 Å². The second-order valence-electron chi connectivity index (χ2n) is 15.5. The van der Waals surface area contributed by atoms with Gasteiger partial charge >= 0.3 is 12.2 Å². The molecule has 6 rings (SSSR count). The Morgan fingerprint density at radius 2 is 1.07 bits per heavy atom. The second-order valence-corrected chi connectivity index (χ2v) is 15.5. The first-order valence-electron chi connectivity index (χ1n) is 21.3. The highest BCUT2D eigenvalue weighted by Gasteiger charge is 2.31. The van der Waals surface area contributed by atoms with Crippen LogP contribution in [0.5, 0.6) is 11.5 Å². The smallest absolute Gasteiger partial charge is 0.410 e. The lowest BCUT2D eigenvalue weighted by molar-refractivity contribution is 0.0675. The van der Waals surface area contributed by atoms with Gasteiger partial charge in [-0.2, -0.15) is 0 Å². The maximum atomic E-state index is 14.1. The molecule has 0 spiro atoms. The number of carbonyl (C=O) groups is 2. The molecule has 0 aliphatic heterocycles. The molecule has 300 valence electrons. The number of amides is 2. The summed E-state index contributed by atoms with van der Waals surface area (Å²) < 4.78 is 25.2. The summed E-state index contributed by atoms with van der Waals surface area (Å²) in [5, 5.41) is 1.95. The molecule has 0 radical (unpaired) electrons. The number of carbonyl (C=O) groups excluding carboxylic acids is 2. The van der Waals surface area contributed by atoms with Gasteiger partial charge in [0.05, 0.1) is 26.3 Å². The second kappa shape index (κ2) is 21.5. The van der Waals surface area contributed by atoms with E-state index in [1.54, 1.807) is 0 Å². The van der Waals surface area contributed by atoms with Gasteiger partial charge in [0.25, 0.3) is 0 Å². The van der Waals surface area contributed by atoms with Crippen LogP contribution in [0.3, 0.4) is 0 Å². The molecule has 2 aliphatic carbocycles. The number of rotatable bonds is 18. The van der Waals surface area contributed by atoms with Crippen molar-refractivity contribution >= 4 is 23.0 Å². The molecule has 0 N–H and O–H groups in total. The minimum absolute atomic E-state index is 0.0799. The molecule has 2 amide bonds. The monoisotopic (exact) mass is 762 g/mol. The molecule has 0 unspecified atom stereocenters. The topological polar surface area (TPSA) is 77.5 Å². The Kier molecular flexibility index (Phi) is 15.7. The Morgan fingerprint density at radius 3 is 1.61 bits per heavy atom. The lowest BCUT2D eigenvalue weighted by Crippen LogP contribution is -2.41. The summed E-state index contributed by atoms with van der Waals surface area (Å²) >= 11 is 0. The zero-order chi connectivity index (χ0) is 39.0. The quantitative estimate of drug-likeness (QED) is 0.0940. The molecule has 2 fully saturated rings. The Balaban J connectivity index is 1.37. The van der Waals surface area contributed by atoms with Crippen LogP contribution in [0.15, 0.2) is 84.9 Å². The standard InChI is InChI=1S/C48H62N2O6/c1-3-5-31-53-45-30-29-43-42(44(45)34-50(41-25-17-10-18-26-41)48(52)56-36-38-21-13-8-14-22-38)28-27-39(46(43)54-32-6-4-2)33-49(40-23-15-9-16-24-40)47(51)55-35-37-19-11-7-12-20-37/h7-8,11-14,19-22,27-30,40-41H,3-6,9-10,15-18,23-26,31-36H2,1-2H3. The van der Waals surface area contributed by atoms with E-state index >= 15 is 0 Å². The Morgan fingerprint density at radius 1 is 0.571 bits per heavy atom. The van der Waals surface area contributed by atoms with Gasteiger partial charge in [-0.3, -0.25) is 0 Å². The van der Waals surface area contributed by atoms with E-state index in [-0.39, 0.29) is 37.5 Å². The van der Waals surface area contributed by atoms with E-state index in [1.807, 2.05) is 76.5 Å². The minimum Gasteiger partial charge on any atom is -0.493 e. The van der Waals surface area contributed by atoms with Crippen LogP contribution in [-0.2, 0) is 35.8 Å². The first-order chi connectivity index (χ1) is 27.6. The molecular weight excluding hydrogens is 701 g/mol. The summed E-state index contributed by atoms with van der Waals surface area (Å²) in [5.41, 5.74) is 3.84. The van der Waals surface area contributed by atoms with Gasteiger partial charge in [0, 0.05) is 28.6 Å². The van der Waals surface area contributed by atoms with Gasteiger partial charge in [0.15, 0.2) is 0 Å². The fraction of sp³-hybridized carbons (Fsp3) is 0.500. The van der Waals surface area contributed by atoms with Crippen molar-refractivity contribution in [1.29, 1.82) is 0 Å². The number of unbranched alkanes of at least 4 members (excludes halogenated alkanes) is 2. The summed E-state index contributed by atoms with van der Waals surface area (Å²) in [6.07, 6.45) is 13.8. The molecule has 2 aliphatic rings. The van der Waals surface area contributed by atoms with E-state index in [2.05, 4.69) is 32.0 Å². The SMILES string of the molecule is CCCCOc1ccc2c(OCCCC)c(CN(C(=O)OCc3ccccc3)C3CCCCC3)ccc2c1CN(C(=O)OCc1ccccc1)C1CCCCC1. The summed E-state index contributed by atoms with van der Waals surface area (Å²) in [6, 6.07) is 28.3. The van der Waals surface area contributed by atoms with Gasteiger partial charge < -0.3 is 28.7 Å². The molecule has 56 heavy (non-hydrogen) atoms. The normalized spacial score (nSPS) is 15.0. The van der Waals surface area contributed by atoms with Crippen LogP contribution in [0.25, 0.3) is 10.8 Å². The highest BCUT2D eigenvalue weighted by atomic mass is 16.6. The molecule has 0 atom stereocenters. The lowest BCUT2D eigenvalue weighted by Gasteiger charge is -2.35. The number of hydrogen-bond acceptors (Lipinski definition) is 6. The molecular formula is C48H62N2O6. The van der Waals surface area contributed by atoms with Crippen LogP contribution in [-0.4, -0.2) is 47.3 Å². The minimum atomic E-state index is -0.301. The lowest BCUT2D eigenvalue weighted by atomic mass is 9.92. The zero-order valence-corrected chi connectivity index (χ0v) is 33.7. The van der Waals surface area contributed by atoms with Crippen molar-refractivity contribution in [3.8, 4) is 11.5 Å². The van der Waals surface area contributed by atoms with Gasteiger partial charge in [-0.1, -0.05) is 138 Å². The maximum Gasteiger partial charge on any atom is 0.410 e. The molecule has 0 heterocycles. The van der Waals surface area contributed by atoms with Gasteiger partial charge in [-0.15, -0.1) is 0 Å². The van der Waals surface area contributed by atoms with E-state index in [0.29, 0.717) is 26.3 Å². The van der Waals surface area contributed by atoms with Gasteiger partial charge in [0.1, 0.15) is 24.7 Å². The van der Waals surface area contributed by atoms with Crippen LogP contribution >= 0.6 is 0 Å². The van der Waals surface area contributed by atoms with Crippen molar-refractivity contribution in [2.24, 2.45) is 0 Å². The Labute approximate surface area is 334 Å². The summed E-state index contributed by atoms with van der Waals surface area (Å²) in [5.74, 6) is 1.56. The predicted octanol–water partition coefficient (Wildman–Crippen LogP) is 12.1. The van der Waals surface area contributed by atoms with Gasteiger partial charge in [0.2, 0.25) is 0 Å². The average Bonchev–Trinajstić information content (AvgIpc) is 3.25. The highest BCUT2D eigenvalue weighted by Crippen LogP contribution is 2.39. The molecule has 8 nitrogen and oxygen atoms in total. The molecule has 0 bridgehead atoms. The van der Waals surface area contributed by atoms with E-state index in [0.717, 1.165) is 122 Å². The van der Waals surface area contributed by atoms with Crippen molar-refractivity contribution in [3.05, 3.63) is 107 Å². The van der Waals surface area contributed by atoms with Crippen molar-refractivity contribution < 1.29 is 28.5 Å². The number of nitrogens with zero attached hydrogens (tertiary/aromatic N) is 2. The van der Waals surface area contributed by atoms with Gasteiger partial charge in [-0.25, -0.2) is 9.59 Å². The van der Waals surface area contributed by atoms with Crippen LogP contribution in [0, 0.1) is 0 Å². The van der Waals surface area contributed by atoms with Gasteiger partial charge in [-0.05, 0) is 67.2 Å². The van der Waals surface area contributed by atoms with E-state index in [4.69, 9.17) is 18.9 Å². The molecule has 4 aromatic rings. The fourth-order valence-corrected chi connectivity index (χ4v) is 8.13. The molecule has 0 aromatic heterocycles. The zero-order valence-electron chi connectivity index (χ0n) is 33.7. The van der Waals surface area contributed by atoms with Crippen molar-refractivity contribution in [3.63, 3.8) is 0 Å². The van der Waals surface area contributed by atoms with E-state index in [9.17, 15) is 9.59 Å². The summed E-state index contributed by atoms with van der Waals surface area (Å²) in [7, 11) is 0. The summed E-state index contributed by atoms with van der Waals surface area (Å²) in [4.78, 5) is 31.9. The van der Waals surface area contributed by atoms with E-state index in [1.165, 1.54) is 12.8 Å². The largest absolute Gasteiger partial charge is 0.493 e. The first-order valence-corrected chi connectivity index (χ1v) is 21.3. The third kappa shape index (κ3) is 11.2. The fourth-order valence-electron chi connectivity index (χ4n) is 8.13. The summed E-state index contributed by atoms with van der Waals surface area (Å²) in [6.45, 7) is 6.69. The predicted molar refractivity (Wildman–Crippen MR) is 223 cm³/mol. The van der Waals surface area contributed by atoms with Crippen LogP contribution < -0.4 is 9.47 Å². The number of ether oxygens (including phenoxy) is 4. The third-order valence-electron chi connectivity index (χ3n) is 11.4. The molecule has 2 saturated carbocycles. The molecule has 8 heteroatoms. The first kappa shape index (κ1) is 40.9. The van der Waals surface area contributed by atoms with Crippen LogP contribution in [0.1, 0.15) is 126 Å². The van der Waals surface area contributed by atoms with Crippen LogP contribution in [0.2, 0.25) is 0 Å². The van der Waals surface area contributed by atoms with Crippen molar-refractivity contribution in [2.75, 3.05) is 13.2 Å². The van der Waals surface area contributed by atoms with Crippen LogP contribution in [0.4, 0.5) is 9.59 Å². The number of benzene rings is 4. The molecule has 4 aromatic carbocycles. The van der Waals surface area contributed by atoms with Crippen molar-refractivity contribution in [2.45, 2.75) is 142 Å². The average molecular weight is 763 g/mol. The third-order valence-corrected chi connectivity index (χ3v) is 11.4. The maximum absolute atomic E-state index is 14.1. The molecule has 0 saturated heterocycles. The highest BCUT2D eigenvalue weighted by molar-refractivity contribution is 5.94. The Hall–Kier alpha value is -4.72. The van der Waals surface area contributed by atoms with Crippen molar-refractivity contribution in [1.82, 2.24) is 9.80 Å². The number of hydrogen-bond donors (Lipinski definition) is 0. The number of fused-ring (bicyclic) bond motifs is 1.